The molecule has 10 heteroatoms. The number of nitrogens with one attached hydrogen (secondary N) is 2. The van der Waals surface area contributed by atoms with Gasteiger partial charge in [-0.1, -0.05) is 13.0 Å². The number of aliphatic hydroxyl groups is 2. The molecule has 5 aliphatic rings. The Morgan fingerprint density at radius 3 is 2.88 bits per heavy atom. The highest BCUT2D eigenvalue weighted by Gasteiger charge is 2.72. The van der Waals surface area contributed by atoms with Crippen molar-refractivity contribution in [2.45, 2.75) is 94.3 Å². The van der Waals surface area contributed by atoms with E-state index in [0.29, 0.717) is 36.0 Å². The molecule has 1 saturated carbocycles. The van der Waals surface area contributed by atoms with E-state index in [1.54, 1.807) is 13.2 Å². The minimum absolute atomic E-state index is 0.0649. The quantitative estimate of drug-likeness (QED) is 0.265. The fourth-order valence-corrected chi connectivity index (χ4v) is 7.87. The monoisotopic (exact) mass is 556 g/mol. The van der Waals surface area contributed by atoms with E-state index in [9.17, 15) is 19.8 Å². The number of aliphatic hydroxyl groups excluding tert-OH is 1. The van der Waals surface area contributed by atoms with Crippen LogP contribution in [0.1, 0.15) is 63.5 Å². The third kappa shape index (κ3) is 4.14. The summed E-state index contributed by atoms with van der Waals surface area (Å²) in [5.74, 6) is 1.24. The number of hydrogen-bond donors (Lipinski definition) is 4. The van der Waals surface area contributed by atoms with Crippen molar-refractivity contribution in [2.75, 3.05) is 20.2 Å². The average molecular weight is 557 g/mol. The molecular formula is C30H40N2O8. The molecule has 2 aliphatic heterocycles. The number of rotatable bonds is 9. The summed E-state index contributed by atoms with van der Waals surface area (Å²) in [7, 11) is 1.60. The van der Waals surface area contributed by atoms with Crippen molar-refractivity contribution in [3.63, 3.8) is 0 Å². The summed E-state index contributed by atoms with van der Waals surface area (Å²) in [5.41, 5.74) is 0.385. The number of amides is 1. The smallest absolute Gasteiger partial charge is 0.340 e. The summed E-state index contributed by atoms with van der Waals surface area (Å²) < 4.78 is 23.6. The van der Waals surface area contributed by atoms with Crippen LogP contribution in [-0.4, -0.2) is 72.4 Å². The summed E-state index contributed by atoms with van der Waals surface area (Å²) >= 11 is 0. The average Bonchev–Trinajstić information content (AvgIpc) is 3.59. The third-order valence-corrected chi connectivity index (χ3v) is 9.92. The van der Waals surface area contributed by atoms with Crippen molar-refractivity contribution in [3.8, 4) is 11.5 Å². The van der Waals surface area contributed by atoms with E-state index < -0.39 is 35.5 Å². The van der Waals surface area contributed by atoms with Gasteiger partial charge in [0, 0.05) is 18.5 Å². The first-order valence-electron chi connectivity index (χ1n) is 14.6. The SMILES string of the molecule is COc1ccc2c3c1O[C@H]1C(OC(=O)[C@H](C)OC(O)CCNC(=O)[C@@H]4CCCN4)=CC[C@@]4(O)[C@@H](C2)C(C)CC[C@]314. The molecule has 2 fully saturated rings. The van der Waals surface area contributed by atoms with Crippen LogP contribution < -0.4 is 20.1 Å². The van der Waals surface area contributed by atoms with Gasteiger partial charge in [0.15, 0.2) is 30.0 Å². The highest BCUT2D eigenvalue weighted by Crippen LogP contribution is 2.68. The zero-order valence-electron chi connectivity index (χ0n) is 23.4. The van der Waals surface area contributed by atoms with Crippen molar-refractivity contribution in [3.05, 3.63) is 35.1 Å². The lowest BCUT2D eigenvalue weighted by Crippen LogP contribution is -2.69. The summed E-state index contributed by atoms with van der Waals surface area (Å²) in [6, 6.07) is 3.79. The molecule has 6 rings (SSSR count). The van der Waals surface area contributed by atoms with Crippen LogP contribution in [0, 0.1) is 11.8 Å². The van der Waals surface area contributed by atoms with Crippen molar-refractivity contribution in [1.29, 1.82) is 0 Å². The van der Waals surface area contributed by atoms with Crippen LogP contribution in [0.15, 0.2) is 24.0 Å². The molecule has 2 unspecified atom stereocenters. The highest BCUT2D eigenvalue weighted by molar-refractivity contribution is 5.82. The molecule has 1 saturated heterocycles. The molecule has 1 aromatic carbocycles. The van der Waals surface area contributed by atoms with Gasteiger partial charge in [0.2, 0.25) is 5.91 Å². The van der Waals surface area contributed by atoms with Gasteiger partial charge in [0.25, 0.3) is 0 Å². The number of hydrogen-bond acceptors (Lipinski definition) is 9. The summed E-state index contributed by atoms with van der Waals surface area (Å²) in [6.45, 7) is 4.78. The van der Waals surface area contributed by atoms with Crippen molar-refractivity contribution < 1.29 is 38.7 Å². The molecule has 8 atom stereocenters. The predicted molar refractivity (Wildman–Crippen MR) is 144 cm³/mol. The standard InChI is InChI=1S/C30H40N2O8/c1-16-8-11-29-24-18-6-7-21(37-3)25(24)40-26(29)22(9-12-30(29,36)19(16)15-18)39-28(35)17(2)38-23(33)10-14-32-27(34)20-5-4-13-31-20/h6-7,9,16-17,19-20,23,26,31,33,36H,4-5,8,10-15H2,1-3H3,(H,32,34)/t16?,17-,19-,20-,23?,26-,29-,30+/m0/s1. The maximum Gasteiger partial charge on any atom is 0.340 e. The van der Waals surface area contributed by atoms with Crippen LogP contribution in [0.25, 0.3) is 0 Å². The van der Waals surface area contributed by atoms with Crippen molar-refractivity contribution >= 4 is 11.9 Å². The van der Waals surface area contributed by atoms with Gasteiger partial charge in [-0.05, 0) is 81.5 Å². The molecule has 0 aromatic heterocycles. The molecule has 4 N–H and O–H groups in total. The van der Waals surface area contributed by atoms with Crippen LogP contribution in [0.5, 0.6) is 11.5 Å². The Bertz CT molecular complexity index is 1210. The van der Waals surface area contributed by atoms with Crippen LogP contribution in [0.4, 0.5) is 0 Å². The molecule has 0 radical (unpaired) electrons. The minimum atomic E-state index is -1.25. The Labute approximate surface area is 234 Å². The zero-order chi connectivity index (χ0) is 28.2. The number of ether oxygens (including phenoxy) is 4. The minimum Gasteiger partial charge on any atom is -0.493 e. The molecule has 10 nitrogen and oxygen atoms in total. The number of methoxy groups -OCH3 is 1. The Morgan fingerprint density at radius 2 is 2.12 bits per heavy atom. The molecule has 218 valence electrons. The van der Waals surface area contributed by atoms with Gasteiger partial charge in [-0.3, -0.25) is 4.79 Å². The topological polar surface area (TPSA) is 136 Å². The number of benzene rings is 1. The molecule has 3 aliphatic carbocycles. The lowest BCUT2D eigenvalue weighted by molar-refractivity contribution is -0.184. The molecule has 1 aromatic rings. The Balaban J connectivity index is 1.15. The molecule has 1 spiro atoms. The molecular weight excluding hydrogens is 516 g/mol. The largest absolute Gasteiger partial charge is 0.493 e. The predicted octanol–water partition coefficient (Wildman–Crippen LogP) is 1.84. The van der Waals surface area contributed by atoms with E-state index in [4.69, 9.17) is 18.9 Å². The molecule has 1 amide bonds. The molecule has 2 bridgehead atoms. The van der Waals surface area contributed by atoms with Gasteiger partial charge in [0.1, 0.15) is 5.76 Å². The van der Waals surface area contributed by atoms with Crippen molar-refractivity contribution in [1.82, 2.24) is 10.6 Å². The zero-order valence-corrected chi connectivity index (χ0v) is 23.4. The van der Waals surface area contributed by atoms with Gasteiger partial charge in [0.05, 0.1) is 24.2 Å². The van der Waals surface area contributed by atoms with E-state index in [1.165, 1.54) is 6.92 Å². The van der Waals surface area contributed by atoms with E-state index in [1.807, 2.05) is 6.07 Å². The van der Waals surface area contributed by atoms with Gasteiger partial charge in [-0.2, -0.15) is 0 Å². The fraction of sp³-hybridized carbons (Fsp3) is 0.667. The lowest BCUT2D eigenvalue weighted by atomic mass is 9.45. The molecule has 40 heavy (non-hydrogen) atoms. The second-order valence-corrected chi connectivity index (χ2v) is 12.0. The lowest BCUT2D eigenvalue weighted by Gasteiger charge is -2.61. The second kappa shape index (κ2) is 10.3. The maximum absolute atomic E-state index is 13.1. The number of carbonyl (C=O) groups is 2. The Kier molecular flexibility index (Phi) is 7.09. The highest BCUT2D eigenvalue weighted by atomic mass is 16.6. The first-order valence-corrected chi connectivity index (χ1v) is 14.6. The van der Waals surface area contributed by atoms with Crippen LogP contribution in [0.3, 0.4) is 0 Å². The van der Waals surface area contributed by atoms with E-state index in [-0.39, 0.29) is 30.8 Å². The van der Waals surface area contributed by atoms with E-state index in [2.05, 4.69) is 23.6 Å². The van der Waals surface area contributed by atoms with Gasteiger partial charge in [-0.25, -0.2) is 4.79 Å². The number of esters is 1. The van der Waals surface area contributed by atoms with Gasteiger partial charge >= 0.3 is 5.97 Å². The Morgan fingerprint density at radius 1 is 1.30 bits per heavy atom. The van der Waals surface area contributed by atoms with Crippen LogP contribution in [-0.2, 0) is 30.9 Å². The third-order valence-electron chi connectivity index (χ3n) is 9.92. The maximum atomic E-state index is 13.1. The summed E-state index contributed by atoms with van der Waals surface area (Å²) in [5, 5.41) is 28.6. The van der Waals surface area contributed by atoms with Crippen LogP contribution >= 0.6 is 0 Å². The van der Waals surface area contributed by atoms with Gasteiger partial charge in [-0.15, -0.1) is 0 Å². The summed E-state index contributed by atoms with van der Waals surface area (Å²) in [4.78, 5) is 25.3. The van der Waals surface area contributed by atoms with Gasteiger partial charge < -0.3 is 39.8 Å². The first-order chi connectivity index (χ1) is 19.2. The fourth-order valence-electron chi connectivity index (χ4n) is 7.87. The second-order valence-electron chi connectivity index (χ2n) is 12.0. The van der Waals surface area contributed by atoms with Crippen molar-refractivity contribution in [2.24, 2.45) is 11.8 Å². The van der Waals surface area contributed by atoms with E-state index in [0.717, 1.165) is 43.4 Å². The normalized spacial score (nSPS) is 34.7. The Hall–Kier alpha value is -2.66. The first kappa shape index (κ1) is 27.5. The molecule has 2 heterocycles. The number of carbonyl (C=O) groups excluding carboxylic acids is 2. The van der Waals surface area contributed by atoms with E-state index >= 15 is 0 Å². The summed E-state index contributed by atoms with van der Waals surface area (Å²) in [6.07, 6.45) is 3.47. The van der Waals surface area contributed by atoms with Crippen LogP contribution in [0.2, 0.25) is 0 Å².